The van der Waals surface area contributed by atoms with E-state index in [1.807, 2.05) is 0 Å². The monoisotopic (exact) mass is 286 g/mol. The second kappa shape index (κ2) is 5.48. The van der Waals surface area contributed by atoms with Crippen molar-refractivity contribution in [2.24, 2.45) is 5.73 Å². The lowest BCUT2D eigenvalue weighted by Crippen LogP contribution is -2.40. The zero-order valence-corrected chi connectivity index (χ0v) is 10.6. The fraction of sp³-hybridized carbons (Fsp3) is 0.100. The molecule has 0 aliphatic rings. The summed E-state index contributed by atoms with van der Waals surface area (Å²) in [5.41, 5.74) is 4.37. The minimum Gasteiger partial charge on any atom is -0.465 e. The predicted molar refractivity (Wildman–Crippen MR) is 62.3 cm³/mol. The highest BCUT2D eigenvalue weighted by atomic mass is 32.2. The molecule has 102 valence electrons. The third-order valence-corrected chi connectivity index (χ3v) is 3.42. The molecule has 0 fully saturated rings. The Balaban J connectivity index is 3.26. The Morgan fingerprint density at radius 3 is 2.32 bits per heavy atom. The van der Waals surface area contributed by atoms with Gasteiger partial charge in [-0.1, -0.05) is 12.1 Å². The number of rotatable bonds is 3. The second-order valence-corrected chi connectivity index (χ2v) is 4.94. The number of nitrogens with one attached hydrogen (secondary N) is 1. The molecule has 2 amide bonds. The standard InChI is InChI=1S/C10H10N2O6S/c1-18-10(15)6-4-2-3-5-7(6)19(16,17)12-9(14)8(11)13/h2-5H,1H3,(H2,11,13)(H,12,14). The van der Waals surface area contributed by atoms with Crippen LogP contribution >= 0.6 is 0 Å². The van der Waals surface area contributed by atoms with Gasteiger partial charge in [0.15, 0.2) is 0 Å². The van der Waals surface area contributed by atoms with Gasteiger partial charge in [0, 0.05) is 0 Å². The summed E-state index contributed by atoms with van der Waals surface area (Å²) in [5.74, 6) is -3.86. The first-order valence-electron chi connectivity index (χ1n) is 4.83. The highest BCUT2D eigenvalue weighted by Gasteiger charge is 2.26. The van der Waals surface area contributed by atoms with E-state index >= 15 is 0 Å². The summed E-state index contributed by atoms with van der Waals surface area (Å²) in [7, 11) is -3.31. The quantitative estimate of drug-likeness (QED) is 0.527. The first-order valence-corrected chi connectivity index (χ1v) is 6.32. The van der Waals surface area contributed by atoms with Crippen molar-refractivity contribution in [3.05, 3.63) is 29.8 Å². The van der Waals surface area contributed by atoms with Crippen molar-refractivity contribution < 1.29 is 27.5 Å². The van der Waals surface area contributed by atoms with E-state index in [2.05, 4.69) is 10.5 Å². The number of amides is 2. The molecule has 9 heteroatoms. The summed E-state index contributed by atoms with van der Waals surface area (Å²) in [6.07, 6.45) is 0. The average Bonchev–Trinajstić information content (AvgIpc) is 2.37. The molecular formula is C10H10N2O6S. The Morgan fingerprint density at radius 1 is 1.21 bits per heavy atom. The molecule has 0 saturated carbocycles. The molecule has 1 aromatic rings. The highest BCUT2D eigenvalue weighted by Crippen LogP contribution is 2.16. The van der Waals surface area contributed by atoms with Gasteiger partial charge in [-0.05, 0) is 12.1 Å². The van der Waals surface area contributed by atoms with Crippen LogP contribution in [0.1, 0.15) is 10.4 Å². The number of carbonyl (C=O) groups excluding carboxylic acids is 3. The van der Waals surface area contributed by atoms with E-state index in [1.165, 1.54) is 22.9 Å². The molecule has 0 aromatic heterocycles. The molecule has 0 unspecified atom stereocenters. The fourth-order valence-electron chi connectivity index (χ4n) is 1.21. The number of nitrogens with two attached hydrogens (primary N) is 1. The number of ether oxygens (including phenoxy) is 1. The van der Waals surface area contributed by atoms with Gasteiger partial charge >= 0.3 is 17.8 Å². The molecule has 0 radical (unpaired) electrons. The van der Waals surface area contributed by atoms with E-state index in [4.69, 9.17) is 0 Å². The number of esters is 1. The van der Waals surface area contributed by atoms with Crippen LogP contribution in [0.4, 0.5) is 0 Å². The van der Waals surface area contributed by atoms with Gasteiger partial charge in [0.2, 0.25) is 0 Å². The van der Waals surface area contributed by atoms with Crippen LogP contribution in [0.15, 0.2) is 29.2 Å². The van der Waals surface area contributed by atoms with Crippen molar-refractivity contribution in [3.8, 4) is 0 Å². The molecule has 0 aliphatic heterocycles. The Kier molecular flexibility index (Phi) is 4.22. The lowest BCUT2D eigenvalue weighted by molar-refractivity contribution is -0.136. The van der Waals surface area contributed by atoms with Crippen LogP contribution in [-0.4, -0.2) is 33.3 Å². The molecule has 0 saturated heterocycles. The van der Waals surface area contributed by atoms with E-state index in [0.717, 1.165) is 13.2 Å². The van der Waals surface area contributed by atoms with Crippen LogP contribution in [-0.2, 0) is 24.3 Å². The molecular weight excluding hydrogens is 276 g/mol. The van der Waals surface area contributed by atoms with E-state index in [-0.39, 0.29) is 5.56 Å². The van der Waals surface area contributed by atoms with Crippen molar-refractivity contribution in [1.29, 1.82) is 0 Å². The van der Waals surface area contributed by atoms with Crippen molar-refractivity contribution in [3.63, 3.8) is 0 Å². The second-order valence-electron chi connectivity index (χ2n) is 3.29. The number of carbonyl (C=O) groups is 3. The molecule has 0 bridgehead atoms. The number of benzene rings is 1. The Morgan fingerprint density at radius 2 is 1.79 bits per heavy atom. The van der Waals surface area contributed by atoms with Crippen molar-refractivity contribution >= 4 is 27.8 Å². The summed E-state index contributed by atoms with van der Waals surface area (Å²) < 4.78 is 29.5. The molecule has 3 N–H and O–H groups in total. The van der Waals surface area contributed by atoms with Crippen molar-refractivity contribution in [2.75, 3.05) is 7.11 Å². The average molecular weight is 286 g/mol. The topological polar surface area (TPSA) is 133 Å². The number of hydrogen-bond acceptors (Lipinski definition) is 6. The van der Waals surface area contributed by atoms with Crippen LogP contribution < -0.4 is 10.5 Å². The first kappa shape index (κ1) is 14.6. The fourth-order valence-corrected chi connectivity index (χ4v) is 2.36. The van der Waals surface area contributed by atoms with Crippen LogP contribution in [0.5, 0.6) is 0 Å². The summed E-state index contributed by atoms with van der Waals surface area (Å²) in [6.45, 7) is 0. The number of sulfonamides is 1. The Bertz CT molecular complexity index is 637. The largest absolute Gasteiger partial charge is 0.465 e. The van der Waals surface area contributed by atoms with Crippen LogP contribution in [0.3, 0.4) is 0 Å². The van der Waals surface area contributed by atoms with Crippen LogP contribution in [0.25, 0.3) is 0 Å². The SMILES string of the molecule is COC(=O)c1ccccc1S(=O)(=O)NC(=O)C(N)=O. The minimum absolute atomic E-state index is 0.269. The number of methoxy groups -OCH3 is 1. The normalized spacial score (nSPS) is 10.6. The van der Waals surface area contributed by atoms with E-state index in [9.17, 15) is 22.8 Å². The molecule has 0 spiro atoms. The molecule has 1 rings (SSSR count). The molecule has 0 atom stereocenters. The highest BCUT2D eigenvalue weighted by molar-refractivity contribution is 7.90. The summed E-state index contributed by atoms with van der Waals surface area (Å²) in [4.78, 5) is 32.5. The molecule has 0 heterocycles. The van der Waals surface area contributed by atoms with Crippen molar-refractivity contribution in [2.45, 2.75) is 4.90 Å². The lowest BCUT2D eigenvalue weighted by atomic mass is 10.2. The molecule has 1 aromatic carbocycles. The van der Waals surface area contributed by atoms with Gasteiger partial charge in [-0.25, -0.2) is 17.9 Å². The third-order valence-electron chi connectivity index (χ3n) is 2.03. The van der Waals surface area contributed by atoms with Gasteiger partial charge in [-0.2, -0.15) is 0 Å². The van der Waals surface area contributed by atoms with Gasteiger partial charge in [0.25, 0.3) is 10.0 Å². The summed E-state index contributed by atoms with van der Waals surface area (Å²) in [6, 6.07) is 5.05. The van der Waals surface area contributed by atoms with Crippen LogP contribution in [0.2, 0.25) is 0 Å². The molecule has 8 nitrogen and oxygen atoms in total. The van der Waals surface area contributed by atoms with Gasteiger partial charge in [0.05, 0.1) is 12.7 Å². The molecule has 19 heavy (non-hydrogen) atoms. The summed E-state index contributed by atoms with van der Waals surface area (Å²) in [5, 5.41) is 0. The lowest BCUT2D eigenvalue weighted by Gasteiger charge is -2.08. The maximum Gasteiger partial charge on any atom is 0.339 e. The smallest absolute Gasteiger partial charge is 0.339 e. The Hall–Kier alpha value is -2.42. The van der Waals surface area contributed by atoms with E-state index < -0.39 is 32.7 Å². The number of hydrogen-bond donors (Lipinski definition) is 2. The van der Waals surface area contributed by atoms with Gasteiger partial charge in [-0.15, -0.1) is 0 Å². The maximum absolute atomic E-state index is 11.8. The van der Waals surface area contributed by atoms with Crippen LogP contribution in [0, 0.1) is 0 Å². The van der Waals surface area contributed by atoms with E-state index in [1.54, 1.807) is 0 Å². The third kappa shape index (κ3) is 3.28. The predicted octanol–water partition coefficient (Wildman–Crippen LogP) is -1.24. The molecule has 0 aliphatic carbocycles. The minimum atomic E-state index is -4.39. The zero-order chi connectivity index (χ0) is 14.6. The van der Waals surface area contributed by atoms with E-state index in [0.29, 0.717) is 0 Å². The van der Waals surface area contributed by atoms with Crippen molar-refractivity contribution in [1.82, 2.24) is 4.72 Å². The maximum atomic E-state index is 11.8. The van der Waals surface area contributed by atoms with Gasteiger partial charge in [-0.3, -0.25) is 9.59 Å². The van der Waals surface area contributed by atoms with Gasteiger partial charge in [0.1, 0.15) is 4.90 Å². The van der Waals surface area contributed by atoms with Gasteiger partial charge < -0.3 is 10.5 Å². The summed E-state index contributed by atoms with van der Waals surface area (Å²) >= 11 is 0. The zero-order valence-electron chi connectivity index (χ0n) is 9.74. The first-order chi connectivity index (χ1) is 8.79. The Labute approximate surface area is 108 Å². The number of primary amides is 1.